The lowest BCUT2D eigenvalue weighted by Crippen LogP contribution is -2.50. The van der Waals surface area contributed by atoms with Crippen LogP contribution < -0.4 is 0 Å². The molecule has 2 unspecified atom stereocenters. The van der Waals surface area contributed by atoms with Crippen molar-refractivity contribution >= 4 is 6.09 Å². The van der Waals surface area contributed by atoms with Gasteiger partial charge in [-0.25, -0.2) is 4.79 Å². The van der Waals surface area contributed by atoms with Crippen molar-refractivity contribution in [2.24, 2.45) is 5.92 Å². The summed E-state index contributed by atoms with van der Waals surface area (Å²) >= 11 is 0. The molecule has 92 valence electrons. The Labute approximate surface area is 96.6 Å². The van der Waals surface area contributed by atoms with E-state index in [1.54, 1.807) is 4.90 Å². The van der Waals surface area contributed by atoms with Crippen LogP contribution in [0.5, 0.6) is 0 Å². The number of hydrogen-bond donors (Lipinski definition) is 1. The van der Waals surface area contributed by atoms with E-state index in [1.165, 1.54) is 0 Å². The Balaban J connectivity index is 1.99. The van der Waals surface area contributed by atoms with Gasteiger partial charge < -0.3 is 14.7 Å². The van der Waals surface area contributed by atoms with Gasteiger partial charge in [-0.15, -0.1) is 0 Å². The molecular formula is C12H21NO3. The van der Waals surface area contributed by atoms with Crippen molar-refractivity contribution in [2.45, 2.75) is 51.2 Å². The SMILES string of the molecule is CC(C)(C)OC(=O)N1CC2CCC(O)(C2)C1. The van der Waals surface area contributed by atoms with E-state index in [9.17, 15) is 9.90 Å². The molecule has 2 fully saturated rings. The van der Waals surface area contributed by atoms with E-state index in [-0.39, 0.29) is 6.09 Å². The highest BCUT2D eigenvalue weighted by molar-refractivity contribution is 5.68. The number of carbonyl (C=O) groups excluding carboxylic acids is 1. The minimum atomic E-state index is -0.653. The molecule has 0 spiro atoms. The lowest BCUT2D eigenvalue weighted by Gasteiger charge is -2.37. The minimum Gasteiger partial charge on any atom is -0.444 e. The summed E-state index contributed by atoms with van der Waals surface area (Å²) in [7, 11) is 0. The highest BCUT2D eigenvalue weighted by Gasteiger charge is 2.45. The number of rotatable bonds is 0. The van der Waals surface area contributed by atoms with E-state index in [1.807, 2.05) is 20.8 Å². The normalized spacial score (nSPS) is 34.0. The Morgan fingerprint density at radius 1 is 1.50 bits per heavy atom. The first kappa shape index (κ1) is 11.7. The molecule has 1 heterocycles. The third kappa shape index (κ3) is 2.48. The average molecular weight is 227 g/mol. The van der Waals surface area contributed by atoms with E-state index in [4.69, 9.17) is 4.74 Å². The van der Waals surface area contributed by atoms with Crippen LogP contribution in [0.1, 0.15) is 40.0 Å². The summed E-state index contributed by atoms with van der Waals surface area (Å²) in [6.07, 6.45) is 2.39. The first-order valence-electron chi connectivity index (χ1n) is 5.98. The second-order valence-electron chi connectivity index (χ2n) is 6.19. The Kier molecular flexibility index (Phi) is 2.65. The largest absolute Gasteiger partial charge is 0.444 e. The molecule has 1 saturated carbocycles. The van der Waals surface area contributed by atoms with Crippen LogP contribution in [0.4, 0.5) is 4.79 Å². The molecule has 1 aliphatic heterocycles. The fourth-order valence-electron chi connectivity index (χ4n) is 2.71. The van der Waals surface area contributed by atoms with Gasteiger partial charge in [0.2, 0.25) is 0 Å². The third-order valence-electron chi connectivity index (χ3n) is 3.30. The van der Waals surface area contributed by atoms with Gasteiger partial charge in [-0.1, -0.05) is 0 Å². The lowest BCUT2D eigenvalue weighted by molar-refractivity contribution is -0.0344. The topological polar surface area (TPSA) is 49.8 Å². The quantitative estimate of drug-likeness (QED) is 0.686. The molecule has 0 aromatic carbocycles. The second-order valence-corrected chi connectivity index (χ2v) is 6.19. The van der Waals surface area contributed by atoms with Gasteiger partial charge in [0.1, 0.15) is 5.60 Å². The summed E-state index contributed by atoms with van der Waals surface area (Å²) in [5, 5.41) is 10.2. The fraction of sp³-hybridized carbons (Fsp3) is 0.917. The standard InChI is InChI=1S/C12H21NO3/c1-11(2,3)16-10(14)13-7-9-4-5-12(15,6-9)8-13/h9,15H,4-8H2,1-3H3. The van der Waals surface area contributed by atoms with E-state index in [0.29, 0.717) is 12.5 Å². The maximum absolute atomic E-state index is 11.9. The maximum atomic E-state index is 11.9. The van der Waals surface area contributed by atoms with Crippen molar-refractivity contribution in [2.75, 3.05) is 13.1 Å². The monoisotopic (exact) mass is 227 g/mol. The summed E-state index contributed by atoms with van der Waals surface area (Å²) in [5.74, 6) is 0.450. The number of piperidine rings is 1. The molecule has 2 atom stereocenters. The van der Waals surface area contributed by atoms with Crippen LogP contribution in [-0.4, -0.2) is 40.4 Å². The van der Waals surface area contributed by atoms with Crippen LogP contribution in [0, 0.1) is 5.92 Å². The molecule has 16 heavy (non-hydrogen) atoms. The van der Waals surface area contributed by atoms with Crippen LogP contribution in [-0.2, 0) is 4.74 Å². The minimum absolute atomic E-state index is 0.294. The number of ether oxygens (including phenoxy) is 1. The van der Waals surface area contributed by atoms with Crippen molar-refractivity contribution in [3.8, 4) is 0 Å². The molecule has 1 amide bonds. The van der Waals surface area contributed by atoms with Crippen LogP contribution in [0.25, 0.3) is 0 Å². The number of carbonyl (C=O) groups is 1. The number of amides is 1. The molecule has 2 rings (SSSR count). The zero-order valence-corrected chi connectivity index (χ0v) is 10.3. The van der Waals surface area contributed by atoms with E-state index < -0.39 is 11.2 Å². The second kappa shape index (κ2) is 3.62. The lowest BCUT2D eigenvalue weighted by atomic mass is 9.95. The van der Waals surface area contributed by atoms with Gasteiger partial charge >= 0.3 is 6.09 Å². The summed E-state index contributed by atoms with van der Waals surface area (Å²) in [6, 6.07) is 0. The zero-order chi connectivity index (χ0) is 12.0. The Bertz CT molecular complexity index is 297. The van der Waals surface area contributed by atoms with Gasteiger partial charge in [-0.2, -0.15) is 0 Å². The Morgan fingerprint density at radius 3 is 2.75 bits per heavy atom. The first-order valence-corrected chi connectivity index (χ1v) is 5.98. The van der Waals surface area contributed by atoms with Gasteiger partial charge in [0.25, 0.3) is 0 Å². The van der Waals surface area contributed by atoms with Crippen molar-refractivity contribution < 1.29 is 14.6 Å². The number of hydrogen-bond acceptors (Lipinski definition) is 3. The fourth-order valence-corrected chi connectivity index (χ4v) is 2.71. The highest BCUT2D eigenvalue weighted by Crippen LogP contribution is 2.39. The third-order valence-corrected chi connectivity index (χ3v) is 3.30. The molecule has 0 aromatic rings. The number of fused-ring (bicyclic) bond motifs is 2. The van der Waals surface area contributed by atoms with Gasteiger partial charge in [0.15, 0.2) is 0 Å². The molecule has 2 aliphatic rings. The van der Waals surface area contributed by atoms with Gasteiger partial charge in [0.05, 0.1) is 12.1 Å². The predicted octanol–water partition coefficient (Wildman–Crippen LogP) is 1.77. The van der Waals surface area contributed by atoms with Crippen LogP contribution >= 0.6 is 0 Å². The van der Waals surface area contributed by atoms with E-state index in [0.717, 1.165) is 25.8 Å². The van der Waals surface area contributed by atoms with Crippen molar-refractivity contribution in [1.29, 1.82) is 0 Å². The van der Waals surface area contributed by atoms with Crippen molar-refractivity contribution in [1.82, 2.24) is 4.90 Å². The van der Waals surface area contributed by atoms with Gasteiger partial charge in [0, 0.05) is 6.54 Å². The molecule has 0 aromatic heterocycles. The molecule has 0 radical (unpaired) electrons. The molecule has 1 N–H and O–H groups in total. The number of β-amino-alcohol motifs (C(OH)–C–C–N with tert-alkyl or cyclic N) is 1. The number of aliphatic hydroxyl groups is 1. The molecular weight excluding hydrogens is 206 g/mol. The summed E-state index contributed by atoms with van der Waals surface area (Å²) in [5.41, 5.74) is -1.12. The smallest absolute Gasteiger partial charge is 0.410 e. The summed E-state index contributed by atoms with van der Waals surface area (Å²) < 4.78 is 5.32. The predicted molar refractivity (Wildman–Crippen MR) is 60.1 cm³/mol. The van der Waals surface area contributed by atoms with E-state index in [2.05, 4.69) is 0 Å². The number of nitrogens with zero attached hydrogens (tertiary/aromatic N) is 1. The van der Waals surface area contributed by atoms with Gasteiger partial charge in [-0.05, 0) is 46.0 Å². The molecule has 2 bridgehead atoms. The highest BCUT2D eigenvalue weighted by atomic mass is 16.6. The van der Waals surface area contributed by atoms with Crippen LogP contribution in [0.2, 0.25) is 0 Å². The average Bonchev–Trinajstić information content (AvgIpc) is 2.37. The van der Waals surface area contributed by atoms with Crippen LogP contribution in [0.15, 0.2) is 0 Å². The summed E-state index contributed by atoms with van der Waals surface area (Å²) in [4.78, 5) is 13.5. The first-order chi connectivity index (χ1) is 7.27. The van der Waals surface area contributed by atoms with Crippen molar-refractivity contribution in [3.05, 3.63) is 0 Å². The number of likely N-dealkylation sites (tertiary alicyclic amines) is 1. The molecule has 4 heteroatoms. The van der Waals surface area contributed by atoms with Gasteiger partial charge in [-0.3, -0.25) is 0 Å². The Hall–Kier alpha value is -0.770. The molecule has 1 aliphatic carbocycles. The maximum Gasteiger partial charge on any atom is 0.410 e. The molecule has 1 saturated heterocycles. The zero-order valence-electron chi connectivity index (χ0n) is 10.3. The van der Waals surface area contributed by atoms with Crippen molar-refractivity contribution in [3.63, 3.8) is 0 Å². The molecule has 4 nitrogen and oxygen atoms in total. The van der Waals surface area contributed by atoms with Crippen LogP contribution in [0.3, 0.4) is 0 Å². The summed E-state index contributed by atoms with van der Waals surface area (Å²) in [6.45, 7) is 6.74. The Morgan fingerprint density at radius 2 is 2.19 bits per heavy atom. The van der Waals surface area contributed by atoms with E-state index >= 15 is 0 Å².